The number of carbonyl (C=O) groups excluding carboxylic acids is 1. The zero-order chi connectivity index (χ0) is 6.97. The predicted molar refractivity (Wildman–Crippen MR) is 37.6 cm³/mol. The Labute approximate surface area is 58.8 Å². The highest BCUT2D eigenvalue weighted by atomic mass is 16.2. The van der Waals surface area contributed by atoms with Crippen molar-refractivity contribution in [2.24, 2.45) is 16.8 Å². The third-order valence-corrected chi connectivity index (χ3v) is 1.94. The first-order valence-electron chi connectivity index (χ1n) is 3.35. The normalized spacial score (nSPS) is 35.8. The maximum Gasteiger partial charge on any atom is 0.229 e. The van der Waals surface area contributed by atoms with Gasteiger partial charge in [-0.3, -0.25) is 9.79 Å². The Morgan fingerprint density at radius 1 is 1.70 bits per heavy atom. The van der Waals surface area contributed by atoms with E-state index >= 15 is 0 Å². The number of amides is 1. The van der Waals surface area contributed by atoms with Crippen LogP contribution in [0.4, 0.5) is 0 Å². The van der Waals surface area contributed by atoms with Gasteiger partial charge in [-0.25, -0.2) is 0 Å². The van der Waals surface area contributed by atoms with Crippen molar-refractivity contribution in [1.29, 1.82) is 0 Å². The second kappa shape index (κ2) is 1.94. The lowest BCUT2D eigenvalue weighted by atomic mass is 9.95. The Morgan fingerprint density at radius 3 is 3.40 bits per heavy atom. The van der Waals surface area contributed by atoms with Crippen LogP contribution in [0, 0.1) is 11.8 Å². The van der Waals surface area contributed by atoms with Crippen LogP contribution in [0.3, 0.4) is 0 Å². The molecule has 2 unspecified atom stereocenters. The fourth-order valence-electron chi connectivity index (χ4n) is 1.33. The summed E-state index contributed by atoms with van der Waals surface area (Å²) in [4.78, 5) is 14.9. The number of rotatable bonds is 0. The zero-order valence-corrected chi connectivity index (χ0v) is 5.45. The number of aliphatic imine (C=N–C) groups is 1. The van der Waals surface area contributed by atoms with E-state index in [1.807, 2.05) is 6.08 Å². The summed E-state index contributed by atoms with van der Waals surface area (Å²) in [7, 11) is 0. The minimum absolute atomic E-state index is 0.00463. The molecule has 0 spiro atoms. The first-order valence-corrected chi connectivity index (χ1v) is 3.35. The molecule has 1 N–H and O–H groups in total. The SMILES string of the molecule is O=C1NCC2C=CN=CC12. The highest BCUT2D eigenvalue weighted by Crippen LogP contribution is 2.19. The molecule has 0 radical (unpaired) electrons. The molecule has 2 aliphatic heterocycles. The lowest BCUT2D eigenvalue weighted by Gasteiger charge is -2.08. The van der Waals surface area contributed by atoms with Gasteiger partial charge >= 0.3 is 0 Å². The third-order valence-electron chi connectivity index (χ3n) is 1.94. The minimum atomic E-state index is 0.00463. The van der Waals surface area contributed by atoms with Crippen LogP contribution in [0.5, 0.6) is 0 Å². The monoisotopic (exact) mass is 136 g/mol. The average Bonchev–Trinajstić information content (AvgIpc) is 2.34. The van der Waals surface area contributed by atoms with E-state index in [1.165, 1.54) is 0 Å². The Balaban J connectivity index is 2.27. The third kappa shape index (κ3) is 0.667. The van der Waals surface area contributed by atoms with Crippen molar-refractivity contribution in [3.8, 4) is 0 Å². The van der Waals surface area contributed by atoms with Gasteiger partial charge in [0.25, 0.3) is 0 Å². The number of carbonyl (C=O) groups is 1. The van der Waals surface area contributed by atoms with Crippen molar-refractivity contribution in [3.63, 3.8) is 0 Å². The van der Waals surface area contributed by atoms with Gasteiger partial charge in [-0.2, -0.15) is 0 Å². The molecule has 3 nitrogen and oxygen atoms in total. The van der Waals surface area contributed by atoms with Crippen LogP contribution in [-0.4, -0.2) is 18.7 Å². The quantitative estimate of drug-likeness (QED) is 0.498. The number of hydrogen-bond acceptors (Lipinski definition) is 2. The summed E-state index contributed by atoms with van der Waals surface area (Å²) in [6, 6.07) is 0. The molecule has 0 aromatic carbocycles. The van der Waals surface area contributed by atoms with E-state index in [4.69, 9.17) is 0 Å². The molecule has 3 heteroatoms. The van der Waals surface area contributed by atoms with Gasteiger partial charge in [0.15, 0.2) is 0 Å². The van der Waals surface area contributed by atoms with E-state index in [9.17, 15) is 4.79 Å². The highest BCUT2D eigenvalue weighted by molar-refractivity contribution is 5.96. The molecule has 0 saturated carbocycles. The molecule has 1 fully saturated rings. The molecule has 1 amide bonds. The number of nitrogens with one attached hydrogen (secondary N) is 1. The molecule has 10 heavy (non-hydrogen) atoms. The topological polar surface area (TPSA) is 41.5 Å². The highest BCUT2D eigenvalue weighted by Gasteiger charge is 2.32. The Morgan fingerprint density at radius 2 is 2.60 bits per heavy atom. The molecule has 0 aromatic heterocycles. The average molecular weight is 136 g/mol. The summed E-state index contributed by atoms with van der Waals surface area (Å²) in [6.07, 6.45) is 5.44. The standard InChI is InChI=1S/C7H8N2O/c10-7-6-4-8-2-1-5(6)3-9-7/h1-2,4-6H,3H2,(H,9,10). The van der Waals surface area contributed by atoms with Crippen LogP contribution in [-0.2, 0) is 4.79 Å². The Hall–Kier alpha value is -1.12. The lowest BCUT2D eigenvalue weighted by molar-refractivity contribution is -0.120. The Bertz CT molecular complexity index is 220. The van der Waals surface area contributed by atoms with E-state index in [0.717, 1.165) is 6.54 Å². The molecular weight excluding hydrogens is 128 g/mol. The lowest BCUT2D eigenvalue weighted by Crippen LogP contribution is -2.21. The molecule has 2 heterocycles. The van der Waals surface area contributed by atoms with Crippen LogP contribution < -0.4 is 5.32 Å². The molecule has 2 aliphatic rings. The molecule has 0 bridgehead atoms. The minimum Gasteiger partial charge on any atom is -0.355 e. The first kappa shape index (κ1) is 5.65. The zero-order valence-electron chi connectivity index (χ0n) is 5.45. The maximum absolute atomic E-state index is 11.0. The van der Waals surface area contributed by atoms with E-state index in [-0.39, 0.29) is 11.8 Å². The van der Waals surface area contributed by atoms with E-state index in [0.29, 0.717) is 5.92 Å². The number of hydrogen-bond donors (Lipinski definition) is 1. The fourth-order valence-corrected chi connectivity index (χ4v) is 1.33. The second-order valence-corrected chi connectivity index (χ2v) is 2.57. The summed E-state index contributed by atoms with van der Waals surface area (Å²) in [6.45, 7) is 0.770. The van der Waals surface area contributed by atoms with Crippen LogP contribution in [0.1, 0.15) is 0 Å². The van der Waals surface area contributed by atoms with Gasteiger partial charge in [0, 0.05) is 24.9 Å². The smallest absolute Gasteiger partial charge is 0.229 e. The summed E-state index contributed by atoms with van der Waals surface area (Å²) < 4.78 is 0. The molecule has 2 rings (SSSR count). The van der Waals surface area contributed by atoms with Gasteiger partial charge in [-0.1, -0.05) is 6.08 Å². The molecule has 0 aromatic rings. The van der Waals surface area contributed by atoms with E-state index in [2.05, 4.69) is 10.3 Å². The van der Waals surface area contributed by atoms with Gasteiger partial charge in [0.2, 0.25) is 5.91 Å². The number of fused-ring (bicyclic) bond motifs is 1. The summed E-state index contributed by atoms with van der Waals surface area (Å²) in [5, 5.41) is 2.78. The summed E-state index contributed by atoms with van der Waals surface area (Å²) >= 11 is 0. The van der Waals surface area contributed by atoms with E-state index < -0.39 is 0 Å². The van der Waals surface area contributed by atoms with Gasteiger partial charge in [0.05, 0.1) is 5.92 Å². The van der Waals surface area contributed by atoms with Crippen molar-refractivity contribution in [1.82, 2.24) is 5.32 Å². The largest absolute Gasteiger partial charge is 0.355 e. The van der Waals surface area contributed by atoms with Gasteiger partial charge in [-0.05, 0) is 0 Å². The molecular formula is C7H8N2O. The number of nitrogens with zero attached hydrogens (tertiary/aromatic N) is 1. The van der Waals surface area contributed by atoms with Crippen molar-refractivity contribution in [2.45, 2.75) is 0 Å². The first-order chi connectivity index (χ1) is 4.88. The van der Waals surface area contributed by atoms with Gasteiger partial charge < -0.3 is 5.32 Å². The van der Waals surface area contributed by atoms with Gasteiger partial charge in [0.1, 0.15) is 0 Å². The van der Waals surface area contributed by atoms with E-state index in [1.54, 1.807) is 12.4 Å². The van der Waals surface area contributed by atoms with Crippen LogP contribution >= 0.6 is 0 Å². The van der Waals surface area contributed by atoms with Gasteiger partial charge in [-0.15, -0.1) is 0 Å². The molecule has 0 aliphatic carbocycles. The Kier molecular flexibility index (Phi) is 1.09. The molecule has 2 atom stereocenters. The van der Waals surface area contributed by atoms with Crippen LogP contribution in [0.2, 0.25) is 0 Å². The fraction of sp³-hybridized carbons (Fsp3) is 0.429. The van der Waals surface area contributed by atoms with Crippen LogP contribution in [0.25, 0.3) is 0 Å². The second-order valence-electron chi connectivity index (χ2n) is 2.57. The van der Waals surface area contributed by atoms with Crippen molar-refractivity contribution < 1.29 is 4.79 Å². The predicted octanol–water partition coefficient (Wildman–Crippen LogP) is -0.0533. The maximum atomic E-state index is 11.0. The van der Waals surface area contributed by atoms with Crippen molar-refractivity contribution in [3.05, 3.63) is 12.3 Å². The van der Waals surface area contributed by atoms with Crippen molar-refractivity contribution >= 4 is 12.1 Å². The summed E-state index contributed by atoms with van der Waals surface area (Å²) in [5.41, 5.74) is 0. The summed E-state index contributed by atoms with van der Waals surface area (Å²) in [5.74, 6) is 0.466. The van der Waals surface area contributed by atoms with Crippen LogP contribution in [0.15, 0.2) is 17.3 Å². The molecule has 52 valence electrons. The van der Waals surface area contributed by atoms with Crippen molar-refractivity contribution in [2.75, 3.05) is 6.54 Å². The molecule has 1 saturated heterocycles.